The Kier molecular flexibility index (Phi) is 1.68. The normalized spacial score (nSPS) is 16.5. The van der Waals surface area contributed by atoms with Gasteiger partial charge in [-0.15, -0.1) is 0 Å². The molecule has 0 N–H and O–H groups in total. The summed E-state index contributed by atoms with van der Waals surface area (Å²) in [7, 11) is 1.84. The first kappa shape index (κ1) is 7.80. The van der Waals surface area contributed by atoms with Crippen LogP contribution in [0.3, 0.4) is 0 Å². The van der Waals surface area contributed by atoms with Crippen LogP contribution in [0.5, 0.6) is 0 Å². The van der Waals surface area contributed by atoms with E-state index in [4.69, 9.17) is 11.6 Å². The monoisotopic (exact) mass is 184 g/mol. The fraction of sp³-hybridized carbons (Fsp3) is 0.500. The molecule has 12 heavy (non-hydrogen) atoms. The van der Waals surface area contributed by atoms with Gasteiger partial charge in [-0.25, -0.2) is 0 Å². The average molecular weight is 185 g/mol. The van der Waals surface area contributed by atoms with Gasteiger partial charge in [-0.1, -0.05) is 0 Å². The van der Waals surface area contributed by atoms with Crippen molar-refractivity contribution in [3.05, 3.63) is 17.5 Å². The Balaban J connectivity index is 2.46. The van der Waals surface area contributed by atoms with E-state index in [1.54, 1.807) is 10.9 Å². The van der Waals surface area contributed by atoms with Crippen LogP contribution in [0.25, 0.3) is 0 Å². The minimum atomic E-state index is -0.398. The van der Waals surface area contributed by atoms with E-state index >= 15 is 0 Å². The SMILES string of the molecule is Cn1ncc(C(=O)Cl)c1C1CC1. The summed E-state index contributed by atoms with van der Waals surface area (Å²) < 4.78 is 1.74. The molecule has 2 rings (SSSR count). The van der Waals surface area contributed by atoms with Crippen molar-refractivity contribution in [1.82, 2.24) is 9.78 Å². The standard InChI is InChI=1S/C8H9ClN2O/c1-11-7(5-2-3-5)6(4-10-11)8(9)12/h4-5H,2-3H2,1H3. The number of aromatic nitrogens is 2. The lowest BCUT2D eigenvalue weighted by molar-refractivity contribution is 0.108. The highest BCUT2D eigenvalue weighted by atomic mass is 35.5. The van der Waals surface area contributed by atoms with Crippen molar-refractivity contribution in [3.63, 3.8) is 0 Å². The number of carbonyl (C=O) groups is 1. The summed E-state index contributed by atoms with van der Waals surface area (Å²) in [5, 5.41) is 3.61. The van der Waals surface area contributed by atoms with Gasteiger partial charge in [0.25, 0.3) is 5.24 Å². The predicted octanol–water partition coefficient (Wildman–Crippen LogP) is 1.68. The molecular weight excluding hydrogens is 176 g/mol. The quantitative estimate of drug-likeness (QED) is 0.656. The zero-order valence-electron chi connectivity index (χ0n) is 6.75. The minimum absolute atomic E-state index is 0.398. The largest absolute Gasteiger partial charge is 0.275 e. The van der Waals surface area contributed by atoms with Crippen LogP contribution in [-0.2, 0) is 7.05 Å². The van der Waals surface area contributed by atoms with Crippen molar-refractivity contribution in [3.8, 4) is 0 Å². The van der Waals surface area contributed by atoms with Crippen LogP contribution < -0.4 is 0 Å². The number of carbonyl (C=O) groups excluding carboxylic acids is 1. The second-order valence-corrected chi connectivity index (χ2v) is 3.46. The summed E-state index contributed by atoms with van der Waals surface area (Å²) >= 11 is 5.40. The van der Waals surface area contributed by atoms with Gasteiger partial charge in [0.15, 0.2) is 0 Å². The third-order valence-electron chi connectivity index (χ3n) is 2.16. The van der Waals surface area contributed by atoms with Crippen LogP contribution >= 0.6 is 11.6 Å². The Morgan fingerprint density at radius 2 is 2.42 bits per heavy atom. The highest BCUT2D eigenvalue weighted by molar-refractivity contribution is 6.67. The maximum Gasteiger partial charge on any atom is 0.255 e. The van der Waals surface area contributed by atoms with Gasteiger partial charge in [-0.05, 0) is 24.4 Å². The zero-order valence-corrected chi connectivity index (χ0v) is 7.51. The molecule has 1 aromatic heterocycles. The minimum Gasteiger partial charge on any atom is -0.275 e. The fourth-order valence-corrected chi connectivity index (χ4v) is 1.58. The molecule has 64 valence electrons. The third kappa shape index (κ3) is 1.14. The first-order valence-corrected chi connectivity index (χ1v) is 4.29. The Bertz CT molecular complexity index is 328. The van der Waals surface area contributed by atoms with E-state index in [-0.39, 0.29) is 0 Å². The smallest absolute Gasteiger partial charge is 0.255 e. The molecule has 1 heterocycles. The summed E-state index contributed by atoms with van der Waals surface area (Å²) in [5.41, 5.74) is 1.57. The van der Waals surface area contributed by atoms with Crippen LogP contribution in [0.1, 0.15) is 34.8 Å². The van der Waals surface area contributed by atoms with E-state index in [1.165, 1.54) is 0 Å². The molecule has 1 fully saturated rings. The van der Waals surface area contributed by atoms with Crippen LogP contribution in [0.4, 0.5) is 0 Å². The highest BCUT2D eigenvalue weighted by Gasteiger charge is 2.30. The molecule has 1 aliphatic carbocycles. The lowest BCUT2D eigenvalue weighted by Crippen LogP contribution is -2.00. The first-order chi connectivity index (χ1) is 5.70. The summed E-state index contributed by atoms with van der Waals surface area (Å²) in [5.74, 6) is 0.509. The maximum atomic E-state index is 10.9. The summed E-state index contributed by atoms with van der Waals surface area (Å²) in [4.78, 5) is 10.9. The Morgan fingerprint density at radius 3 is 2.92 bits per heavy atom. The second-order valence-electron chi connectivity index (χ2n) is 3.12. The van der Waals surface area contributed by atoms with Crippen molar-refractivity contribution >= 4 is 16.8 Å². The van der Waals surface area contributed by atoms with E-state index in [0.717, 1.165) is 18.5 Å². The molecule has 4 heteroatoms. The van der Waals surface area contributed by atoms with Crippen molar-refractivity contribution in [2.75, 3.05) is 0 Å². The van der Waals surface area contributed by atoms with Crippen LogP contribution in [0, 0.1) is 0 Å². The summed E-state index contributed by atoms with van der Waals surface area (Å²) in [6, 6.07) is 0. The number of hydrogen-bond acceptors (Lipinski definition) is 2. The number of nitrogens with zero attached hydrogens (tertiary/aromatic N) is 2. The zero-order chi connectivity index (χ0) is 8.72. The first-order valence-electron chi connectivity index (χ1n) is 3.92. The predicted molar refractivity (Wildman–Crippen MR) is 45.4 cm³/mol. The van der Waals surface area contributed by atoms with Gasteiger partial charge in [0.05, 0.1) is 17.5 Å². The molecule has 3 nitrogen and oxygen atoms in total. The molecule has 1 aliphatic rings. The molecule has 0 saturated heterocycles. The molecule has 0 bridgehead atoms. The summed E-state index contributed by atoms with van der Waals surface area (Å²) in [6.07, 6.45) is 3.84. The van der Waals surface area contributed by atoms with E-state index in [1.807, 2.05) is 7.05 Å². The van der Waals surface area contributed by atoms with Crippen LogP contribution in [-0.4, -0.2) is 15.0 Å². The lowest BCUT2D eigenvalue weighted by Gasteiger charge is -1.99. The number of aryl methyl sites for hydroxylation is 1. The van der Waals surface area contributed by atoms with Gasteiger partial charge in [0, 0.05) is 13.0 Å². The fourth-order valence-electron chi connectivity index (χ4n) is 1.44. The number of halogens is 1. The van der Waals surface area contributed by atoms with Gasteiger partial charge >= 0.3 is 0 Å². The molecule has 0 amide bonds. The van der Waals surface area contributed by atoms with Gasteiger partial charge < -0.3 is 0 Å². The lowest BCUT2D eigenvalue weighted by atomic mass is 10.2. The van der Waals surface area contributed by atoms with Crippen molar-refractivity contribution in [2.24, 2.45) is 7.05 Å². The molecular formula is C8H9ClN2O. The highest BCUT2D eigenvalue weighted by Crippen LogP contribution is 2.41. The number of rotatable bonds is 2. The van der Waals surface area contributed by atoms with Gasteiger partial charge in [-0.2, -0.15) is 5.10 Å². The van der Waals surface area contributed by atoms with Gasteiger partial charge in [0.1, 0.15) is 0 Å². The van der Waals surface area contributed by atoms with Crippen LogP contribution in [0.15, 0.2) is 6.20 Å². The van der Waals surface area contributed by atoms with Crippen molar-refractivity contribution in [2.45, 2.75) is 18.8 Å². The van der Waals surface area contributed by atoms with E-state index in [2.05, 4.69) is 5.10 Å². The van der Waals surface area contributed by atoms with E-state index in [9.17, 15) is 4.79 Å². The molecule has 0 aliphatic heterocycles. The molecule has 0 unspecified atom stereocenters. The van der Waals surface area contributed by atoms with Crippen LogP contribution in [0.2, 0.25) is 0 Å². The van der Waals surface area contributed by atoms with Crippen molar-refractivity contribution in [1.29, 1.82) is 0 Å². The molecule has 1 saturated carbocycles. The number of hydrogen-bond donors (Lipinski definition) is 0. The second kappa shape index (κ2) is 2.59. The van der Waals surface area contributed by atoms with E-state index in [0.29, 0.717) is 11.5 Å². The average Bonchev–Trinajstić information content (AvgIpc) is 2.75. The molecule has 0 atom stereocenters. The van der Waals surface area contributed by atoms with Gasteiger partial charge in [0.2, 0.25) is 0 Å². The molecule has 0 aromatic carbocycles. The van der Waals surface area contributed by atoms with E-state index < -0.39 is 5.24 Å². The molecule has 1 aromatic rings. The molecule has 0 spiro atoms. The van der Waals surface area contributed by atoms with Gasteiger partial charge in [-0.3, -0.25) is 9.48 Å². The van der Waals surface area contributed by atoms with Crippen molar-refractivity contribution < 1.29 is 4.79 Å². The Morgan fingerprint density at radius 1 is 1.75 bits per heavy atom. The molecule has 0 radical (unpaired) electrons. The Labute approximate surface area is 75.3 Å². The maximum absolute atomic E-state index is 10.9. The Hall–Kier alpha value is -0.830. The third-order valence-corrected chi connectivity index (χ3v) is 2.36. The topological polar surface area (TPSA) is 34.9 Å². The summed E-state index contributed by atoms with van der Waals surface area (Å²) in [6.45, 7) is 0.